The second kappa shape index (κ2) is 2.27. The minimum atomic E-state index is 0.881. The molecule has 0 saturated heterocycles. The van der Waals surface area contributed by atoms with Crippen LogP contribution in [0.15, 0.2) is 29.0 Å². The van der Waals surface area contributed by atoms with Crippen LogP contribution >= 0.6 is 11.3 Å². The minimum absolute atomic E-state index is 0.881. The molecule has 2 rings (SSSR count). The molecule has 0 aliphatic carbocycles. The molecule has 1 radical (unpaired) electrons. The highest BCUT2D eigenvalue weighted by atomic mass is 32.1. The van der Waals surface area contributed by atoms with Crippen molar-refractivity contribution in [3.05, 3.63) is 29.8 Å². The third kappa shape index (κ3) is 0.844. The lowest BCUT2D eigenvalue weighted by Crippen LogP contribution is -1.65. The first-order valence-corrected chi connectivity index (χ1v) is 3.65. The van der Waals surface area contributed by atoms with Crippen LogP contribution in [0.5, 0.6) is 0 Å². The molecule has 0 unspecified atom stereocenters. The molecule has 0 amide bonds. The van der Waals surface area contributed by atoms with Crippen molar-refractivity contribution < 1.29 is 4.52 Å². The fourth-order valence-electron chi connectivity index (χ4n) is 0.719. The van der Waals surface area contributed by atoms with Crippen molar-refractivity contribution in [1.29, 1.82) is 0 Å². The highest BCUT2D eigenvalue weighted by Crippen LogP contribution is 2.21. The molecule has 2 aromatic heterocycles. The van der Waals surface area contributed by atoms with E-state index in [0.717, 1.165) is 10.6 Å². The number of hydrogen-bond acceptors (Lipinski definition) is 3. The maximum absolute atomic E-state index is 4.68. The van der Waals surface area contributed by atoms with E-state index in [1.54, 1.807) is 6.26 Å². The molecule has 0 saturated carbocycles. The molecule has 0 aliphatic rings. The van der Waals surface area contributed by atoms with E-state index in [0.29, 0.717) is 0 Å². The zero-order valence-corrected chi connectivity index (χ0v) is 5.89. The lowest BCUT2D eigenvalue weighted by atomic mass is 10.4. The van der Waals surface area contributed by atoms with Gasteiger partial charge in [-0.3, -0.25) is 0 Å². The minimum Gasteiger partial charge on any atom is -0.364 e. The lowest BCUT2D eigenvalue weighted by molar-refractivity contribution is 0.422. The zero-order valence-electron chi connectivity index (χ0n) is 5.07. The second-order valence-corrected chi connectivity index (χ2v) is 2.68. The van der Waals surface area contributed by atoms with Gasteiger partial charge in [0.2, 0.25) is 0 Å². The lowest BCUT2D eigenvalue weighted by Gasteiger charge is -1.81. The van der Waals surface area contributed by atoms with Gasteiger partial charge in [-0.1, -0.05) is 5.16 Å². The molecule has 2 nitrogen and oxygen atoms in total. The number of rotatable bonds is 1. The Labute approximate surface area is 62.1 Å². The summed E-state index contributed by atoms with van der Waals surface area (Å²) in [7, 11) is 0. The number of thiophene rings is 1. The Morgan fingerprint density at radius 1 is 1.50 bits per heavy atom. The largest absolute Gasteiger partial charge is 0.364 e. The normalized spacial score (nSPS) is 10.0. The Balaban J connectivity index is 2.48. The summed E-state index contributed by atoms with van der Waals surface area (Å²) in [5.41, 5.74) is 0.881. The average molecular weight is 150 g/mol. The molecule has 10 heavy (non-hydrogen) atoms. The van der Waals surface area contributed by atoms with E-state index < -0.39 is 0 Å². The molecular weight excluding hydrogens is 146 g/mol. The van der Waals surface area contributed by atoms with Crippen molar-refractivity contribution in [3.63, 3.8) is 0 Å². The smallest absolute Gasteiger partial charge is 0.124 e. The van der Waals surface area contributed by atoms with Gasteiger partial charge >= 0.3 is 0 Å². The van der Waals surface area contributed by atoms with Crippen LogP contribution in [0.1, 0.15) is 0 Å². The fourth-order valence-corrected chi connectivity index (χ4v) is 1.33. The molecule has 2 heterocycles. The van der Waals surface area contributed by atoms with Crippen LogP contribution in [0.25, 0.3) is 10.6 Å². The van der Waals surface area contributed by atoms with Crippen molar-refractivity contribution in [2.24, 2.45) is 0 Å². The van der Waals surface area contributed by atoms with Gasteiger partial charge in [0.05, 0.1) is 4.88 Å². The summed E-state index contributed by atoms with van der Waals surface area (Å²) in [6, 6.07) is 5.66. The van der Waals surface area contributed by atoms with E-state index in [2.05, 4.69) is 15.1 Å². The molecule has 2 aromatic rings. The van der Waals surface area contributed by atoms with Crippen LogP contribution in [0, 0.1) is 5.38 Å². The fraction of sp³-hybridized carbons (Fsp3) is 0. The summed E-state index contributed by atoms with van der Waals surface area (Å²) in [4.78, 5) is 1.09. The molecule has 3 heteroatoms. The quantitative estimate of drug-likeness (QED) is 0.622. The van der Waals surface area contributed by atoms with E-state index in [-0.39, 0.29) is 0 Å². The van der Waals surface area contributed by atoms with Crippen LogP contribution in [0.4, 0.5) is 0 Å². The molecular formula is C7H4NOS. The van der Waals surface area contributed by atoms with Gasteiger partial charge in [-0.15, -0.1) is 11.3 Å². The van der Waals surface area contributed by atoms with Gasteiger partial charge in [-0.2, -0.15) is 0 Å². The number of nitrogens with zero attached hydrogens (tertiary/aromatic N) is 1. The van der Waals surface area contributed by atoms with Crippen molar-refractivity contribution in [1.82, 2.24) is 5.16 Å². The van der Waals surface area contributed by atoms with Gasteiger partial charge in [-0.25, -0.2) is 0 Å². The predicted molar refractivity (Wildman–Crippen MR) is 38.7 cm³/mol. The highest BCUT2D eigenvalue weighted by Gasteiger charge is 1.99. The first-order chi connectivity index (χ1) is 4.97. The monoisotopic (exact) mass is 150 g/mol. The van der Waals surface area contributed by atoms with Crippen LogP contribution in [0.2, 0.25) is 0 Å². The topological polar surface area (TPSA) is 26.0 Å². The standard InChI is InChI=1S/C7H4NOS/c1-2-7(10-5-1)6-3-4-9-8-6/h1-4H. The van der Waals surface area contributed by atoms with E-state index in [9.17, 15) is 0 Å². The van der Waals surface area contributed by atoms with Crippen LogP contribution in [-0.4, -0.2) is 5.16 Å². The average Bonchev–Trinajstić information content (AvgIpc) is 2.59. The molecule has 0 fully saturated rings. The van der Waals surface area contributed by atoms with Crippen molar-refractivity contribution in [2.75, 3.05) is 0 Å². The molecule has 0 aromatic carbocycles. The molecule has 49 valence electrons. The van der Waals surface area contributed by atoms with Gasteiger partial charge in [0.25, 0.3) is 0 Å². The van der Waals surface area contributed by atoms with Gasteiger partial charge in [0.1, 0.15) is 12.0 Å². The molecule has 0 atom stereocenters. The van der Waals surface area contributed by atoms with Crippen molar-refractivity contribution in [3.8, 4) is 10.6 Å². The van der Waals surface area contributed by atoms with Crippen molar-refractivity contribution in [2.45, 2.75) is 0 Å². The Kier molecular flexibility index (Phi) is 1.29. The van der Waals surface area contributed by atoms with Gasteiger partial charge in [0.15, 0.2) is 0 Å². The molecule has 0 aliphatic heterocycles. The summed E-state index contributed by atoms with van der Waals surface area (Å²) in [5, 5.41) is 6.75. The Hall–Kier alpha value is -1.09. The maximum atomic E-state index is 4.68. The third-order valence-corrected chi connectivity index (χ3v) is 1.98. The van der Waals surface area contributed by atoms with Gasteiger partial charge in [-0.05, 0) is 12.1 Å². The van der Waals surface area contributed by atoms with Crippen LogP contribution < -0.4 is 0 Å². The van der Waals surface area contributed by atoms with E-state index in [4.69, 9.17) is 0 Å². The number of aromatic nitrogens is 1. The zero-order chi connectivity index (χ0) is 6.81. The second-order valence-electron chi connectivity index (χ2n) is 1.80. The molecule has 0 spiro atoms. The molecule has 0 bridgehead atoms. The third-order valence-electron chi connectivity index (χ3n) is 1.16. The van der Waals surface area contributed by atoms with Crippen LogP contribution in [-0.2, 0) is 0 Å². The Morgan fingerprint density at radius 2 is 2.50 bits per heavy atom. The predicted octanol–water partition coefficient (Wildman–Crippen LogP) is 2.20. The highest BCUT2D eigenvalue weighted by molar-refractivity contribution is 7.13. The van der Waals surface area contributed by atoms with E-state index >= 15 is 0 Å². The first-order valence-electron chi connectivity index (χ1n) is 2.83. The van der Waals surface area contributed by atoms with Crippen molar-refractivity contribution >= 4 is 11.3 Å². The van der Waals surface area contributed by atoms with Gasteiger partial charge < -0.3 is 4.52 Å². The molecule has 0 N–H and O–H groups in total. The Bertz CT molecular complexity index is 253. The summed E-state index contributed by atoms with van der Waals surface area (Å²) >= 11 is 1.53. The number of hydrogen-bond donors (Lipinski definition) is 0. The summed E-state index contributed by atoms with van der Waals surface area (Å²) < 4.78 is 4.68. The first kappa shape index (κ1) is 5.68. The SMILES string of the molecule is [c]1ccc(-c2ccon2)s1. The summed E-state index contributed by atoms with van der Waals surface area (Å²) in [5.74, 6) is 0. The van der Waals surface area contributed by atoms with E-state index in [1.807, 2.05) is 18.2 Å². The van der Waals surface area contributed by atoms with Crippen LogP contribution in [0.3, 0.4) is 0 Å². The summed E-state index contributed by atoms with van der Waals surface area (Å²) in [6.45, 7) is 0. The van der Waals surface area contributed by atoms with E-state index in [1.165, 1.54) is 11.3 Å². The maximum Gasteiger partial charge on any atom is 0.124 e. The Morgan fingerprint density at radius 3 is 3.10 bits per heavy atom. The van der Waals surface area contributed by atoms with Gasteiger partial charge in [0, 0.05) is 11.4 Å². The summed E-state index contributed by atoms with van der Waals surface area (Å²) in [6.07, 6.45) is 1.56.